The molecule has 0 fully saturated rings. The molecule has 1 N–H and O–H groups in total. The van der Waals surface area contributed by atoms with E-state index < -0.39 is 6.10 Å². The van der Waals surface area contributed by atoms with Crippen LogP contribution in [0.3, 0.4) is 0 Å². The fraction of sp³-hybridized carbons (Fsp3) is 0.429. The van der Waals surface area contributed by atoms with Gasteiger partial charge in [0.05, 0.1) is 0 Å². The molecule has 1 aromatic carbocycles. The highest BCUT2D eigenvalue weighted by Gasteiger charge is 2.13. The van der Waals surface area contributed by atoms with Crippen molar-refractivity contribution in [3.8, 4) is 0 Å². The summed E-state index contributed by atoms with van der Waals surface area (Å²) >= 11 is 0. The number of fused-ring (bicyclic) bond motifs is 1. The van der Waals surface area contributed by atoms with Crippen molar-refractivity contribution in [2.24, 2.45) is 0 Å². The lowest BCUT2D eigenvalue weighted by Gasteiger charge is -2.06. The Morgan fingerprint density at radius 1 is 1.35 bits per heavy atom. The summed E-state index contributed by atoms with van der Waals surface area (Å²) in [6.45, 7) is 5.20. The topological polar surface area (TPSA) is 42.6 Å². The molecular weight excluding hydrogens is 216 g/mol. The molecule has 1 heterocycles. The smallest absolute Gasteiger partial charge is 0.134 e. The van der Waals surface area contributed by atoms with Gasteiger partial charge in [-0.1, -0.05) is 11.6 Å². The molecule has 0 radical (unpaired) electrons. The van der Waals surface area contributed by atoms with E-state index in [0.29, 0.717) is 25.4 Å². The maximum Gasteiger partial charge on any atom is 0.134 e. The number of aliphatic hydroxyl groups is 1. The largest absolute Gasteiger partial charge is 0.458 e. The molecule has 0 saturated carbocycles. The minimum absolute atomic E-state index is 0.549. The Labute approximate surface area is 101 Å². The first-order valence-electron chi connectivity index (χ1n) is 5.96. The van der Waals surface area contributed by atoms with Crippen molar-refractivity contribution in [2.45, 2.75) is 26.4 Å². The van der Waals surface area contributed by atoms with Gasteiger partial charge in [-0.2, -0.15) is 0 Å². The summed E-state index contributed by atoms with van der Waals surface area (Å²) in [6.07, 6.45) is -0.0265. The van der Waals surface area contributed by atoms with Crippen molar-refractivity contribution in [1.82, 2.24) is 0 Å². The molecule has 2 rings (SSSR count). The Hall–Kier alpha value is -1.32. The van der Waals surface area contributed by atoms with Gasteiger partial charge in [-0.3, -0.25) is 0 Å². The molecule has 0 saturated heterocycles. The van der Waals surface area contributed by atoms with Crippen molar-refractivity contribution in [3.05, 3.63) is 35.6 Å². The third-order valence-corrected chi connectivity index (χ3v) is 2.76. The highest BCUT2D eigenvalue weighted by atomic mass is 16.5. The second-order valence-corrected chi connectivity index (χ2v) is 4.19. The van der Waals surface area contributed by atoms with Gasteiger partial charge >= 0.3 is 0 Å². The van der Waals surface area contributed by atoms with Crippen LogP contribution in [-0.2, 0) is 4.74 Å². The van der Waals surface area contributed by atoms with Gasteiger partial charge < -0.3 is 14.3 Å². The van der Waals surface area contributed by atoms with Crippen LogP contribution in [0.2, 0.25) is 0 Å². The zero-order valence-electron chi connectivity index (χ0n) is 10.3. The van der Waals surface area contributed by atoms with Crippen LogP contribution < -0.4 is 0 Å². The summed E-state index contributed by atoms with van der Waals surface area (Å²) in [5.41, 5.74) is 2.01. The molecule has 0 bridgehead atoms. The molecule has 1 unspecified atom stereocenters. The first kappa shape index (κ1) is 12.1. The Bertz CT molecular complexity index is 487. The molecular formula is C14H18O3. The molecule has 0 spiro atoms. The van der Waals surface area contributed by atoms with Crippen molar-refractivity contribution in [2.75, 3.05) is 13.2 Å². The lowest BCUT2D eigenvalue weighted by molar-refractivity contribution is 0.0781. The van der Waals surface area contributed by atoms with Crippen molar-refractivity contribution >= 4 is 11.0 Å². The van der Waals surface area contributed by atoms with Gasteiger partial charge in [-0.25, -0.2) is 0 Å². The van der Waals surface area contributed by atoms with Gasteiger partial charge in [0.2, 0.25) is 0 Å². The van der Waals surface area contributed by atoms with E-state index in [9.17, 15) is 5.11 Å². The second kappa shape index (κ2) is 5.34. The molecule has 1 aromatic heterocycles. The van der Waals surface area contributed by atoms with Crippen LogP contribution in [0.25, 0.3) is 11.0 Å². The molecule has 3 nitrogen and oxygen atoms in total. The monoisotopic (exact) mass is 234 g/mol. The molecule has 0 aliphatic carbocycles. The van der Waals surface area contributed by atoms with E-state index >= 15 is 0 Å². The Balaban J connectivity index is 2.12. The average molecular weight is 234 g/mol. The van der Waals surface area contributed by atoms with Crippen LogP contribution in [0.5, 0.6) is 0 Å². The highest BCUT2D eigenvalue weighted by Crippen LogP contribution is 2.26. The normalized spacial score (nSPS) is 13.1. The van der Waals surface area contributed by atoms with E-state index in [4.69, 9.17) is 9.15 Å². The van der Waals surface area contributed by atoms with Crippen LogP contribution in [0.4, 0.5) is 0 Å². The number of hydrogen-bond acceptors (Lipinski definition) is 3. The fourth-order valence-electron chi connectivity index (χ4n) is 1.83. The summed E-state index contributed by atoms with van der Waals surface area (Å²) in [6, 6.07) is 7.89. The van der Waals surface area contributed by atoms with Crippen LogP contribution in [0.1, 0.15) is 30.8 Å². The predicted octanol–water partition coefficient (Wildman–Crippen LogP) is 3.20. The van der Waals surface area contributed by atoms with Gasteiger partial charge in [-0.15, -0.1) is 0 Å². The summed E-state index contributed by atoms with van der Waals surface area (Å²) in [4.78, 5) is 0. The summed E-state index contributed by atoms with van der Waals surface area (Å²) in [5.74, 6) is 0.616. The Morgan fingerprint density at radius 2 is 2.18 bits per heavy atom. The quantitative estimate of drug-likeness (QED) is 0.808. The minimum atomic E-state index is -0.589. The van der Waals surface area contributed by atoms with Gasteiger partial charge in [0.1, 0.15) is 17.4 Å². The number of rotatable bonds is 5. The minimum Gasteiger partial charge on any atom is -0.458 e. The molecule has 0 aliphatic rings. The van der Waals surface area contributed by atoms with E-state index in [-0.39, 0.29) is 0 Å². The van der Waals surface area contributed by atoms with E-state index in [2.05, 4.69) is 6.07 Å². The van der Waals surface area contributed by atoms with Crippen molar-refractivity contribution in [1.29, 1.82) is 0 Å². The summed E-state index contributed by atoms with van der Waals surface area (Å²) in [7, 11) is 0. The lowest BCUT2D eigenvalue weighted by Crippen LogP contribution is -2.02. The third kappa shape index (κ3) is 2.87. The number of benzene rings is 1. The number of hydrogen-bond donors (Lipinski definition) is 1. The standard InChI is InChI=1S/C14H18O3/c1-3-16-7-6-12(15)14-9-11-8-10(2)4-5-13(11)17-14/h4-5,8-9,12,15H,3,6-7H2,1-2H3. The SMILES string of the molecule is CCOCCC(O)c1cc2cc(C)ccc2o1. The van der Waals surface area contributed by atoms with Crippen LogP contribution in [0, 0.1) is 6.92 Å². The molecule has 0 amide bonds. The van der Waals surface area contributed by atoms with Gasteiger partial charge in [0.15, 0.2) is 0 Å². The van der Waals surface area contributed by atoms with Gasteiger partial charge in [-0.05, 0) is 32.0 Å². The van der Waals surface area contributed by atoms with Crippen molar-refractivity contribution < 1.29 is 14.3 Å². The Morgan fingerprint density at radius 3 is 2.94 bits per heavy atom. The number of aliphatic hydroxyl groups excluding tert-OH is 1. The molecule has 92 valence electrons. The molecule has 17 heavy (non-hydrogen) atoms. The van der Waals surface area contributed by atoms with E-state index in [1.165, 1.54) is 5.56 Å². The molecule has 3 heteroatoms. The predicted molar refractivity (Wildman–Crippen MR) is 67.0 cm³/mol. The zero-order chi connectivity index (χ0) is 12.3. The van der Waals surface area contributed by atoms with Gasteiger partial charge in [0.25, 0.3) is 0 Å². The number of aryl methyl sites for hydroxylation is 1. The van der Waals surface area contributed by atoms with E-state index in [1.807, 2.05) is 32.0 Å². The van der Waals surface area contributed by atoms with Crippen molar-refractivity contribution in [3.63, 3.8) is 0 Å². The molecule has 0 aliphatic heterocycles. The fourth-order valence-corrected chi connectivity index (χ4v) is 1.83. The molecule has 1 atom stereocenters. The zero-order valence-corrected chi connectivity index (χ0v) is 10.3. The number of furan rings is 1. The third-order valence-electron chi connectivity index (χ3n) is 2.76. The summed E-state index contributed by atoms with van der Waals surface area (Å²) < 4.78 is 10.8. The van der Waals surface area contributed by atoms with Crippen LogP contribution in [0.15, 0.2) is 28.7 Å². The van der Waals surface area contributed by atoms with E-state index in [1.54, 1.807) is 0 Å². The first-order chi connectivity index (χ1) is 8.20. The Kier molecular flexibility index (Phi) is 3.82. The van der Waals surface area contributed by atoms with Gasteiger partial charge in [0, 0.05) is 25.0 Å². The van der Waals surface area contributed by atoms with E-state index in [0.717, 1.165) is 11.0 Å². The van der Waals surface area contributed by atoms with Crippen LogP contribution >= 0.6 is 0 Å². The average Bonchev–Trinajstić information content (AvgIpc) is 2.72. The highest BCUT2D eigenvalue weighted by molar-refractivity contribution is 5.78. The second-order valence-electron chi connectivity index (χ2n) is 4.19. The van der Waals surface area contributed by atoms with Crippen LogP contribution in [-0.4, -0.2) is 18.3 Å². The lowest BCUT2D eigenvalue weighted by atomic mass is 10.1. The summed E-state index contributed by atoms with van der Waals surface area (Å²) in [5, 5.41) is 11.0. The maximum absolute atomic E-state index is 9.94. The number of ether oxygens (including phenoxy) is 1. The first-order valence-corrected chi connectivity index (χ1v) is 5.96. The maximum atomic E-state index is 9.94. The molecule has 2 aromatic rings.